The van der Waals surface area contributed by atoms with Crippen LogP contribution in [0.4, 0.5) is 0 Å². The predicted octanol–water partition coefficient (Wildman–Crippen LogP) is 2.98. The summed E-state index contributed by atoms with van der Waals surface area (Å²) in [6.07, 6.45) is 10.6. The molecule has 0 amide bonds. The van der Waals surface area contributed by atoms with Gasteiger partial charge in [0.15, 0.2) is 0 Å². The number of nitrogens with one attached hydrogen (secondary N) is 1. The predicted molar refractivity (Wildman–Crippen MR) is 78.0 cm³/mol. The summed E-state index contributed by atoms with van der Waals surface area (Å²) in [5.74, 6) is 0.930. The van der Waals surface area contributed by atoms with Gasteiger partial charge < -0.3 is 10.1 Å². The fourth-order valence-corrected chi connectivity index (χ4v) is 2.95. The molecule has 0 aromatic carbocycles. The molecule has 0 aromatic rings. The highest BCUT2D eigenvalue weighted by atomic mass is 32.2. The van der Waals surface area contributed by atoms with E-state index in [0.29, 0.717) is 12.6 Å². The minimum atomic E-state index is -0.111. The van der Waals surface area contributed by atoms with E-state index >= 15 is 0 Å². The van der Waals surface area contributed by atoms with E-state index in [4.69, 9.17) is 4.74 Å². The average molecular weight is 273 g/mol. The minimum Gasteiger partial charge on any atom is -0.465 e. The summed E-state index contributed by atoms with van der Waals surface area (Å²) >= 11 is 1.78. The normalized spacial score (nSPS) is 19.2. The van der Waals surface area contributed by atoms with Crippen molar-refractivity contribution < 1.29 is 9.53 Å². The summed E-state index contributed by atoms with van der Waals surface area (Å²) in [6, 6.07) is 0.393. The van der Waals surface area contributed by atoms with E-state index in [1.807, 2.05) is 6.92 Å². The summed E-state index contributed by atoms with van der Waals surface area (Å²) < 4.78 is 5.16. The molecule has 0 aromatic heterocycles. The first-order chi connectivity index (χ1) is 8.77. The van der Waals surface area contributed by atoms with Gasteiger partial charge in [0.2, 0.25) is 0 Å². The Kier molecular flexibility index (Phi) is 8.51. The van der Waals surface area contributed by atoms with Crippen LogP contribution in [0.5, 0.6) is 0 Å². The number of hydrogen-bond acceptors (Lipinski definition) is 4. The van der Waals surface area contributed by atoms with Crippen LogP contribution < -0.4 is 5.32 Å². The van der Waals surface area contributed by atoms with Crippen LogP contribution in [-0.2, 0) is 9.53 Å². The lowest BCUT2D eigenvalue weighted by Gasteiger charge is -2.23. The Morgan fingerprint density at radius 3 is 2.56 bits per heavy atom. The third-order valence-corrected chi connectivity index (χ3v) is 4.12. The van der Waals surface area contributed by atoms with Gasteiger partial charge in [-0.3, -0.25) is 4.79 Å². The summed E-state index contributed by atoms with van der Waals surface area (Å²) in [4.78, 5) is 11.9. The second-order valence-corrected chi connectivity index (χ2v) is 5.93. The van der Waals surface area contributed by atoms with Crippen LogP contribution in [-0.4, -0.2) is 36.7 Å². The molecule has 1 aliphatic carbocycles. The zero-order chi connectivity index (χ0) is 13.2. The Bertz CT molecular complexity index is 228. The highest BCUT2D eigenvalue weighted by Gasteiger charge is 2.23. The van der Waals surface area contributed by atoms with E-state index in [2.05, 4.69) is 11.6 Å². The van der Waals surface area contributed by atoms with Crippen LogP contribution >= 0.6 is 11.8 Å². The number of hydrogen-bond donors (Lipinski definition) is 1. The van der Waals surface area contributed by atoms with Gasteiger partial charge in [0.1, 0.15) is 6.04 Å². The molecule has 1 fully saturated rings. The number of carbonyl (C=O) groups excluding carboxylic acids is 1. The molecule has 3 nitrogen and oxygen atoms in total. The Morgan fingerprint density at radius 2 is 2.00 bits per heavy atom. The highest BCUT2D eigenvalue weighted by Crippen LogP contribution is 2.18. The van der Waals surface area contributed by atoms with Crippen LogP contribution in [0, 0.1) is 0 Å². The Hall–Kier alpha value is -0.220. The molecule has 0 heterocycles. The van der Waals surface area contributed by atoms with Gasteiger partial charge in [-0.2, -0.15) is 11.8 Å². The van der Waals surface area contributed by atoms with Crippen molar-refractivity contribution in [2.45, 2.75) is 64.0 Å². The van der Waals surface area contributed by atoms with Crippen molar-refractivity contribution in [1.82, 2.24) is 5.32 Å². The quantitative estimate of drug-likeness (QED) is 0.572. The first-order valence-corrected chi connectivity index (χ1v) is 8.59. The van der Waals surface area contributed by atoms with Crippen LogP contribution in [0.3, 0.4) is 0 Å². The minimum absolute atomic E-state index is 0.0733. The fraction of sp³-hybridized carbons (Fsp3) is 0.929. The van der Waals surface area contributed by atoms with Crippen molar-refractivity contribution in [2.75, 3.05) is 18.6 Å². The van der Waals surface area contributed by atoms with E-state index in [1.54, 1.807) is 11.8 Å². The molecule has 1 unspecified atom stereocenters. The zero-order valence-electron chi connectivity index (χ0n) is 11.7. The summed E-state index contributed by atoms with van der Waals surface area (Å²) in [7, 11) is 0. The first-order valence-electron chi connectivity index (χ1n) is 7.19. The van der Waals surface area contributed by atoms with E-state index < -0.39 is 0 Å². The van der Waals surface area contributed by atoms with Gasteiger partial charge >= 0.3 is 5.97 Å². The van der Waals surface area contributed by atoms with Crippen LogP contribution in [0.1, 0.15) is 51.9 Å². The molecule has 0 aliphatic heterocycles. The lowest BCUT2D eigenvalue weighted by atomic mass is 10.1. The monoisotopic (exact) mass is 273 g/mol. The van der Waals surface area contributed by atoms with E-state index in [1.165, 1.54) is 38.5 Å². The first kappa shape index (κ1) is 15.8. The maximum Gasteiger partial charge on any atom is 0.323 e. The molecule has 1 rings (SSSR count). The molecule has 1 atom stereocenters. The van der Waals surface area contributed by atoms with Gasteiger partial charge in [-0.1, -0.05) is 25.7 Å². The van der Waals surface area contributed by atoms with Gasteiger partial charge in [0.05, 0.1) is 6.61 Å². The second kappa shape index (κ2) is 9.68. The molecular weight excluding hydrogens is 246 g/mol. The van der Waals surface area contributed by atoms with Crippen LogP contribution in [0.2, 0.25) is 0 Å². The largest absolute Gasteiger partial charge is 0.465 e. The SMILES string of the molecule is CCOC(=O)C(CCSC)NC1CCCCCC1. The average Bonchev–Trinajstić information content (AvgIpc) is 2.63. The highest BCUT2D eigenvalue weighted by molar-refractivity contribution is 7.98. The maximum atomic E-state index is 11.9. The van der Waals surface area contributed by atoms with Crippen molar-refractivity contribution in [3.8, 4) is 0 Å². The Balaban J connectivity index is 2.44. The van der Waals surface area contributed by atoms with Crippen molar-refractivity contribution in [3.63, 3.8) is 0 Å². The zero-order valence-corrected chi connectivity index (χ0v) is 12.6. The summed E-state index contributed by atoms with van der Waals surface area (Å²) in [5.41, 5.74) is 0. The number of ether oxygens (including phenoxy) is 1. The Morgan fingerprint density at radius 1 is 1.33 bits per heavy atom. The molecule has 1 aliphatic rings. The van der Waals surface area contributed by atoms with Crippen LogP contribution in [0.15, 0.2) is 0 Å². The Labute approximate surface area is 115 Å². The second-order valence-electron chi connectivity index (χ2n) is 4.94. The molecule has 106 valence electrons. The van der Waals surface area contributed by atoms with Gasteiger partial charge in [-0.05, 0) is 38.2 Å². The van der Waals surface area contributed by atoms with E-state index in [9.17, 15) is 4.79 Å². The molecule has 0 bridgehead atoms. The number of esters is 1. The molecule has 1 N–H and O–H groups in total. The number of rotatable bonds is 7. The fourth-order valence-electron chi connectivity index (χ4n) is 2.48. The molecular formula is C14H27NO2S. The van der Waals surface area contributed by atoms with E-state index in [-0.39, 0.29) is 12.0 Å². The number of carbonyl (C=O) groups is 1. The summed E-state index contributed by atoms with van der Waals surface area (Å²) in [6.45, 7) is 2.34. The van der Waals surface area contributed by atoms with Crippen LogP contribution in [0.25, 0.3) is 0 Å². The van der Waals surface area contributed by atoms with Gasteiger partial charge in [-0.25, -0.2) is 0 Å². The third kappa shape index (κ3) is 6.10. The van der Waals surface area contributed by atoms with E-state index in [0.717, 1.165) is 12.2 Å². The number of thioether (sulfide) groups is 1. The van der Waals surface area contributed by atoms with Gasteiger partial charge in [-0.15, -0.1) is 0 Å². The molecule has 4 heteroatoms. The lowest BCUT2D eigenvalue weighted by Crippen LogP contribution is -2.44. The third-order valence-electron chi connectivity index (χ3n) is 3.47. The van der Waals surface area contributed by atoms with Crippen molar-refractivity contribution in [3.05, 3.63) is 0 Å². The molecule has 0 saturated heterocycles. The lowest BCUT2D eigenvalue weighted by molar-refractivity contribution is -0.146. The maximum absolute atomic E-state index is 11.9. The van der Waals surface area contributed by atoms with Gasteiger partial charge in [0.25, 0.3) is 0 Å². The topological polar surface area (TPSA) is 38.3 Å². The standard InChI is InChI=1S/C14H27NO2S/c1-3-17-14(16)13(10-11-18-2)15-12-8-6-4-5-7-9-12/h12-13,15H,3-11H2,1-2H3. The smallest absolute Gasteiger partial charge is 0.323 e. The molecule has 0 spiro atoms. The molecule has 1 saturated carbocycles. The van der Waals surface area contributed by atoms with Gasteiger partial charge in [0, 0.05) is 6.04 Å². The molecule has 18 heavy (non-hydrogen) atoms. The van der Waals surface area contributed by atoms with Crippen molar-refractivity contribution in [1.29, 1.82) is 0 Å². The van der Waals surface area contributed by atoms with Crippen molar-refractivity contribution in [2.24, 2.45) is 0 Å². The van der Waals surface area contributed by atoms with Crippen molar-refractivity contribution >= 4 is 17.7 Å². The molecule has 0 radical (unpaired) electrons. The summed E-state index contributed by atoms with van der Waals surface area (Å²) in [5, 5.41) is 3.53.